The maximum Gasteiger partial charge on any atom is 0.246 e. The van der Waals surface area contributed by atoms with E-state index in [1.54, 1.807) is 18.4 Å². The summed E-state index contributed by atoms with van der Waals surface area (Å²) in [5, 5.41) is 3.50. The molecule has 2 rings (SSSR count). The third-order valence-corrected chi connectivity index (χ3v) is 3.59. The van der Waals surface area contributed by atoms with Crippen molar-refractivity contribution in [2.75, 3.05) is 19.6 Å². The van der Waals surface area contributed by atoms with Crippen LogP contribution in [-0.4, -0.2) is 36.5 Å². The van der Waals surface area contributed by atoms with Crippen LogP contribution < -0.4 is 5.32 Å². The van der Waals surface area contributed by atoms with Gasteiger partial charge in [0.25, 0.3) is 0 Å². The molecular weight excluding hydrogens is 252 g/mol. The first-order valence-electron chi connectivity index (χ1n) is 7.53. The van der Waals surface area contributed by atoms with E-state index in [0.717, 1.165) is 32.5 Å². The lowest BCUT2D eigenvalue weighted by Gasteiger charge is -2.30. The van der Waals surface area contributed by atoms with Crippen LogP contribution in [0.4, 0.5) is 0 Å². The number of carbonyl (C=O) groups excluding carboxylic acids is 1. The number of carbonyl (C=O) groups is 1. The second kappa shape index (κ2) is 7.90. The van der Waals surface area contributed by atoms with Gasteiger partial charge in [0.1, 0.15) is 5.76 Å². The lowest BCUT2D eigenvalue weighted by molar-refractivity contribution is -0.126. The van der Waals surface area contributed by atoms with Gasteiger partial charge in [-0.25, -0.2) is 0 Å². The highest BCUT2D eigenvalue weighted by Gasteiger charge is 2.18. The molecule has 1 saturated heterocycles. The molecule has 1 aromatic heterocycles. The average Bonchev–Trinajstić information content (AvgIpc) is 2.99. The molecule has 1 aliphatic heterocycles. The van der Waals surface area contributed by atoms with E-state index in [9.17, 15) is 4.79 Å². The summed E-state index contributed by atoms with van der Waals surface area (Å²) in [6.07, 6.45) is 9.60. The maximum atomic E-state index is 12.3. The molecule has 0 aromatic carbocycles. The Hall–Kier alpha value is -1.55. The summed E-state index contributed by atoms with van der Waals surface area (Å²) >= 11 is 0. The van der Waals surface area contributed by atoms with Gasteiger partial charge in [-0.15, -0.1) is 0 Å². The lowest BCUT2D eigenvalue weighted by atomic mass is 10.0. The van der Waals surface area contributed by atoms with Crippen LogP contribution in [-0.2, 0) is 4.79 Å². The number of hydrogen-bond acceptors (Lipinski definition) is 3. The summed E-state index contributed by atoms with van der Waals surface area (Å²) in [4.78, 5) is 14.2. The quantitative estimate of drug-likeness (QED) is 0.813. The highest BCUT2D eigenvalue weighted by Crippen LogP contribution is 2.10. The summed E-state index contributed by atoms with van der Waals surface area (Å²) < 4.78 is 5.20. The highest BCUT2D eigenvalue weighted by atomic mass is 16.3. The molecule has 1 unspecified atom stereocenters. The number of amides is 1. The Bertz CT molecular complexity index is 420. The van der Waals surface area contributed by atoms with Crippen LogP contribution >= 0.6 is 0 Å². The van der Waals surface area contributed by atoms with Crippen molar-refractivity contribution in [2.45, 2.75) is 38.6 Å². The SMILES string of the molecule is CCCN(CC1CCCCN1)C(=O)/C=C/c1ccco1. The number of furan rings is 1. The Morgan fingerprint density at radius 3 is 3.10 bits per heavy atom. The molecule has 1 fully saturated rings. The van der Waals surface area contributed by atoms with Crippen molar-refractivity contribution in [3.8, 4) is 0 Å². The first-order valence-corrected chi connectivity index (χ1v) is 7.53. The zero-order valence-electron chi connectivity index (χ0n) is 12.2. The second-order valence-electron chi connectivity index (χ2n) is 5.28. The molecule has 0 spiro atoms. The summed E-state index contributed by atoms with van der Waals surface area (Å²) in [5.74, 6) is 0.779. The van der Waals surface area contributed by atoms with Crippen molar-refractivity contribution < 1.29 is 9.21 Å². The molecule has 1 aromatic rings. The van der Waals surface area contributed by atoms with Crippen LogP contribution in [0.3, 0.4) is 0 Å². The van der Waals surface area contributed by atoms with Crippen molar-refractivity contribution in [3.05, 3.63) is 30.2 Å². The fourth-order valence-electron chi connectivity index (χ4n) is 2.55. The molecule has 4 nitrogen and oxygen atoms in total. The van der Waals surface area contributed by atoms with E-state index in [1.165, 1.54) is 12.8 Å². The van der Waals surface area contributed by atoms with Crippen molar-refractivity contribution in [3.63, 3.8) is 0 Å². The summed E-state index contributed by atoms with van der Waals surface area (Å²) in [5.41, 5.74) is 0. The first-order chi connectivity index (χ1) is 9.79. The van der Waals surface area contributed by atoms with E-state index >= 15 is 0 Å². The van der Waals surface area contributed by atoms with E-state index in [2.05, 4.69) is 12.2 Å². The molecule has 1 N–H and O–H groups in total. The van der Waals surface area contributed by atoms with Gasteiger partial charge in [0, 0.05) is 25.2 Å². The Labute approximate surface area is 120 Å². The Morgan fingerprint density at radius 2 is 2.45 bits per heavy atom. The average molecular weight is 276 g/mol. The van der Waals surface area contributed by atoms with Crippen LogP contribution in [0.2, 0.25) is 0 Å². The van der Waals surface area contributed by atoms with Crippen LogP contribution in [0, 0.1) is 0 Å². The number of hydrogen-bond donors (Lipinski definition) is 1. The molecule has 20 heavy (non-hydrogen) atoms. The number of piperidine rings is 1. The lowest BCUT2D eigenvalue weighted by Crippen LogP contribution is -2.45. The predicted octanol–water partition coefficient (Wildman–Crippen LogP) is 2.67. The maximum absolute atomic E-state index is 12.3. The molecule has 2 heterocycles. The fourth-order valence-corrected chi connectivity index (χ4v) is 2.55. The zero-order valence-corrected chi connectivity index (χ0v) is 12.2. The molecule has 0 radical (unpaired) electrons. The minimum Gasteiger partial charge on any atom is -0.465 e. The van der Waals surface area contributed by atoms with Crippen molar-refractivity contribution in [1.29, 1.82) is 0 Å². The molecule has 1 amide bonds. The summed E-state index contributed by atoms with van der Waals surface area (Å²) in [7, 11) is 0. The standard InChI is InChI=1S/C16H24N2O2/c1-2-11-18(13-14-6-3-4-10-17-14)16(19)9-8-15-7-5-12-20-15/h5,7-9,12,14,17H,2-4,6,10-11,13H2,1H3/b9-8+. The Kier molecular flexibility index (Phi) is 5.87. The van der Waals surface area contributed by atoms with E-state index in [1.807, 2.05) is 17.0 Å². The summed E-state index contributed by atoms with van der Waals surface area (Å²) in [6.45, 7) is 4.78. The molecule has 1 aliphatic rings. The van der Waals surface area contributed by atoms with E-state index < -0.39 is 0 Å². The van der Waals surface area contributed by atoms with Gasteiger partial charge < -0.3 is 14.6 Å². The third-order valence-electron chi connectivity index (χ3n) is 3.59. The van der Waals surface area contributed by atoms with Gasteiger partial charge >= 0.3 is 0 Å². The predicted molar refractivity (Wildman–Crippen MR) is 80.3 cm³/mol. The molecule has 110 valence electrons. The second-order valence-corrected chi connectivity index (χ2v) is 5.28. The van der Waals surface area contributed by atoms with Crippen LogP contribution in [0.1, 0.15) is 38.4 Å². The van der Waals surface area contributed by atoms with Crippen molar-refractivity contribution in [2.24, 2.45) is 0 Å². The zero-order chi connectivity index (χ0) is 14.2. The molecule has 1 atom stereocenters. The van der Waals surface area contributed by atoms with E-state index in [4.69, 9.17) is 4.42 Å². The molecule has 0 saturated carbocycles. The van der Waals surface area contributed by atoms with E-state index in [-0.39, 0.29) is 5.91 Å². The molecule has 4 heteroatoms. The van der Waals surface area contributed by atoms with Crippen LogP contribution in [0.25, 0.3) is 6.08 Å². The monoisotopic (exact) mass is 276 g/mol. The number of nitrogens with one attached hydrogen (secondary N) is 1. The van der Waals surface area contributed by atoms with Crippen molar-refractivity contribution >= 4 is 12.0 Å². The van der Waals surface area contributed by atoms with Gasteiger partial charge in [-0.05, 0) is 44.0 Å². The fraction of sp³-hybridized carbons (Fsp3) is 0.562. The van der Waals surface area contributed by atoms with Crippen LogP contribution in [0.15, 0.2) is 28.9 Å². The van der Waals surface area contributed by atoms with Crippen molar-refractivity contribution in [1.82, 2.24) is 10.2 Å². The largest absolute Gasteiger partial charge is 0.465 e. The Balaban J connectivity index is 1.90. The first kappa shape index (κ1) is 14.9. The van der Waals surface area contributed by atoms with E-state index in [0.29, 0.717) is 11.8 Å². The minimum absolute atomic E-state index is 0.0654. The number of rotatable bonds is 6. The van der Waals surface area contributed by atoms with Gasteiger partial charge in [0.05, 0.1) is 6.26 Å². The molecule has 0 bridgehead atoms. The topological polar surface area (TPSA) is 45.5 Å². The smallest absolute Gasteiger partial charge is 0.246 e. The van der Waals surface area contributed by atoms with Gasteiger partial charge in [-0.2, -0.15) is 0 Å². The molecule has 0 aliphatic carbocycles. The molecular formula is C16H24N2O2. The Morgan fingerprint density at radius 1 is 1.55 bits per heavy atom. The van der Waals surface area contributed by atoms with Gasteiger partial charge in [0.15, 0.2) is 0 Å². The van der Waals surface area contributed by atoms with Gasteiger partial charge in [-0.3, -0.25) is 4.79 Å². The van der Waals surface area contributed by atoms with Crippen LogP contribution in [0.5, 0.6) is 0 Å². The normalized spacial score (nSPS) is 19.4. The van der Waals surface area contributed by atoms with Gasteiger partial charge in [-0.1, -0.05) is 13.3 Å². The minimum atomic E-state index is 0.0654. The highest BCUT2D eigenvalue weighted by molar-refractivity contribution is 5.91. The number of nitrogens with zero attached hydrogens (tertiary/aromatic N) is 1. The summed E-state index contributed by atoms with van der Waals surface area (Å²) in [6, 6.07) is 4.10. The third kappa shape index (κ3) is 4.53. The van der Waals surface area contributed by atoms with Gasteiger partial charge in [0.2, 0.25) is 5.91 Å².